The second-order valence-electron chi connectivity index (χ2n) is 4.10. The monoisotopic (exact) mass is 241 g/mol. The highest BCUT2D eigenvalue weighted by Crippen LogP contribution is 2.29. The van der Waals surface area contributed by atoms with Gasteiger partial charge in [0.05, 0.1) is 7.11 Å². The smallest absolute Gasteiger partial charge is 0.218 e. The van der Waals surface area contributed by atoms with Crippen molar-refractivity contribution in [2.75, 3.05) is 24.4 Å². The van der Waals surface area contributed by atoms with E-state index in [0.29, 0.717) is 23.7 Å². The van der Waals surface area contributed by atoms with E-state index in [2.05, 4.69) is 21.8 Å². The van der Waals surface area contributed by atoms with Crippen LogP contribution in [0.15, 0.2) is 12.4 Å². The van der Waals surface area contributed by atoms with Gasteiger partial charge in [-0.05, 0) is 12.3 Å². The number of methoxy groups -OCH3 is 1. The van der Waals surface area contributed by atoms with E-state index >= 15 is 0 Å². The Morgan fingerprint density at radius 1 is 1.56 bits per heavy atom. The van der Waals surface area contributed by atoms with Crippen LogP contribution in [0, 0.1) is 5.92 Å². The highest BCUT2D eigenvalue weighted by atomic mass is 35.5. The van der Waals surface area contributed by atoms with Gasteiger partial charge in [0.1, 0.15) is 12.1 Å². The van der Waals surface area contributed by atoms with Gasteiger partial charge in [0.25, 0.3) is 0 Å². The maximum atomic E-state index is 6.00. The lowest BCUT2D eigenvalue weighted by atomic mass is 10.1. The van der Waals surface area contributed by atoms with Gasteiger partial charge >= 0.3 is 0 Å². The molecule has 2 unspecified atom stereocenters. The summed E-state index contributed by atoms with van der Waals surface area (Å²) in [6, 6.07) is 2.22. The van der Waals surface area contributed by atoms with E-state index in [4.69, 9.17) is 16.3 Å². The minimum absolute atomic E-state index is 0.362. The maximum Gasteiger partial charge on any atom is 0.218 e. The summed E-state index contributed by atoms with van der Waals surface area (Å²) in [5.74, 6) is 2.74. The molecule has 1 fully saturated rings. The number of halogens is 1. The van der Waals surface area contributed by atoms with Crippen molar-refractivity contribution in [2.24, 2.45) is 5.92 Å². The first-order valence-corrected chi connectivity index (χ1v) is 5.98. The van der Waals surface area contributed by atoms with Gasteiger partial charge in [0.2, 0.25) is 5.88 Å². The number of nitrogens with zero attached hydrogens (tertiary/aromatic N) is 3. The van der Waals surface area contributed by atoms with Crippen LogP contribution in [0.5, 0.6) is 5.88 Å². The molecule has 0 bridgehead atoms. The Hall–Kier alpha value is -1.03. The molecule has 1 aliphatic heterocycles. The van der Waals surface area contributed by atoms with Gasteiger partial charge < -0.3 is 9.64 Å². The van der Waals surface area contributed by atoms with Gasteiger partial charge in [-0.15, -0.1) is 11.6 Å². The highest BCUT2D eigenvalue weighted by Gasteiger charge is 2.31. The first-order valence-electron chi connectivity index (χ1n) is 5.45. The average Bonchev–Trinajstić information content (AvgIpc) is 2.70. The predicted molar refractivity (Wildman–Crippen MR) is 64.2 cm³/mol. The summed E-state index contributed by atoms with van der Waals surface area (Å²) in [6.07, 6.45) is 2.69. The van der Waals surface area contributed by atoms with Crippen LogP contribution in [0.3, 0.4) is 0 Å². The summed E-state index contributed by atoms with van der Waals surface area (Å²) in [7, 11) is 1.61. The molecule has 1 aromatic heterocycles. The zero-order valence-corrected chi connectivity index (χ0v) is 10.3. The van der Waals surface area contributed by atoms with Crippen LogP contribution in [0.4, 0.5) is 5.82 Å². The van der Waals surface area contributed by atoms with Crippen molar-refractivity contribution in [1.29, 1.82) is 0 Å². The van der Waals surface area contributed by atoms with Crippen molar-refractivity contribution in [2.45, 2.75) is 19.4 Å². The van der Waals surface area contributed by atoms with Gasteiger partial charge in [-0.1, -0.05) is 6.92 Å². The number of aromatic nitrogens is 2. The number of hydrogen-bond acceptors (Lipinski definition) is 4. The number of anilines is 1. The molecule has 88 valence electrons. The molecule has 0 saturated carbocycles. The molecule has 2 rings (SSSR count). The molecule has 16 heavy (non-hydrogen) atoms. The Morgan fingerprint density at radius 2 is 2.38 bits per heavy atom. The van der Waals surface area contributed by atoms with E-state index in [9.17, 15) is 0 Å². The highest BCUT2D eigenvalue weighted by molar-refractivity contribution is 6.18. The Bertz CT molecular complexity index is 361. The Balaban J connectivity index is 2.22. The number of rotatable bonds is 3. The van der Waals surface area contributed by atoms with Gasteiger partial charge in [-0.3, -0.25) is 0 Å². The molecular weight excluding hydrogens is 226 g/mol. The van der Waals surface area contributed by atoms with Crippen molar-refractivity contribution in [3.63, 3.8) is 0 Å². The SMILES string of the molecule is COc1cc(N2CCC(C)C2CCl)ncn1. The minimum Gasteiger partial charge on any atom is -0.481 e. The standard InChI is InChI=1S/C11H16ClN3O/c1-8-3-4-15(9(8)6-12)10-5-11(16-2)14-7-13-10/h5,7-9H,3-4,6H2,1-2H3. The van der Waals surface area contributed by atoms with Crippen LogP contribution in [-0.4, -0.2) is 35.5 Å². The zero-order valence-electron chi connectivity index (χ0n) is 9.56. The largest absolute Gasteiger partial charge is 0.481 e. The summed E-state index contributed by atoms with van der Waals surface area (Å²) >= 11 is 6.00. The molecular formula is C11H16ClN3O. The fraction of sp³-hybridized carbons (Fsp3) is 0.636. The third-order valence-electron chi connectivity index (χ3n) is 3.17. The van der Waals surface area contributed by atoms with Crippen LogP contribution < -0.4 is 9.64 Å². The molecule has 5 heteroatoms. The van der Waals surface area contributed by atoms with Crippen molar-refractivity contribution >= 4 is 17.4 Å². The number of ether oxygens (including phenoxy) is 1. The number of alkyl halides is 1. The fourth-order valence-corrected chi connectivity index (χ4v) is 2.60. The van der Waals surface area contributed by atoms with Gasteiger partial charge in [0, 0.05) is 24.5 Å². The lowest BCUT2D eigenvalue weighted by Crippen LogP contribution is -2.34. The van der Waals surface area contributed by atoms with Gasteiger partial charge in [0.15, 0.2) is 0 Å². The van der Waals surface area contributed by atoms with E-state index in [1.54, 1.807) is 7.11 Å². The van der Waals surface area contributed by atoms with Gasteiger partial charge in [-0.25, -0.2) is 9.97 Å². The molecule has 2 atom stereocenters. The Labute approximate surface area is 101 Å². The molecule has 1 aromatic rings. The van der Waals surface area contributed by atoms with E-state index in [1.165, 1.54) is 6.33 Å². The van der Waals surface area contributed by atoms with Crippen molar-refractivity contribution in [3.8, 4) is 5.88 Å². The summed E-state index contributed by atoms with van der Waals surface area (Å²) in [6.45, 7) is 3.23. The van der Waals surface area contributed by atoms with Crippen LogP contribution in [-0.2, 0) is 0 Å². The predicted octanol–water partition coefficient (Wildman–Crippen LogP) is 1.94. The van der Waals surface area contributed by atoms with Crippen LogP contribution in [0.1, 0.15) is 13.3 Å². The number of hydrogen-bond donors (Lipinski definition) is 0. The van der Waals surface area contributed by atoms with Crippen LogP contribution in [0.2, 0.25) is 0 Å². The molecule has 0 amide bonds. The quantitative estimate of drug-likeness (QED) is 0.758. The Morgan fingerprint density at radius 3 is 3.06 bits per heavy atom. The van der Waals surface area contributed by atoms with E-state index in [0.717, 1.165) is 18.8 Å². The zero-order chi connectivity index (χ0) is 11.5. The summed E-state index contributed by atoms with van der Waals surface area (Å²) in [4.78, 5) is 10.5. The molecule has 2 heterocycles. The fourth-order valence-electron chi connectivity index (χ4n) is 2.13. The lowest BCUT2D eigenvalue weighted by Gasteiger charge is -2.25. The average molecular weight is 242 g/mol. The summed E-state index contributed by atoms with van der Waals surface area (Å²) in [5, 5.41) is 0. The second kappa shape index (κ2) is 4.87. The van der Waals surface area contributed by atoms with Crippen molar-refractivity contribution in [3.05, 3.63) is 12.4 Å². The summed E-state index contributed by atoms with van der Waals surface area (Å²) < 4.78 is 5.10. The van der Waals surface area contributed by atoms with Crippen LogP contribution >= 0.6 is 11.6 Å². The molecule has 0 aliphatic carbocycles. The topological polar surface area (TPSA) is 38.2 Å². The molecule has 1 aliphatic rings. The second-order valence-corrected chi connectivity index (χ2v) is 4.41. The van der Waals surface area contributed by atoms with Gasteiger partial charge in [-0.2, -0.15) is 0 Å². The van der Waals surface area contributed by atoms with E-state index < -0.39 is 0 Å². The molecule has 0 aromatic carbocycles. The molecule has 1 saturated heterocycles. The third-order valence-corrected chi connectivity index (χ3v) is 3.49. The maximum absolute atomic E-state index is 6.00. The van der Waals surface area contributed by atoms with Crippen molar-refractivity contribution < 1.29 is 4.74 Å². The van der Waals surface area contributed by atoms with E-state index in [1.807, 2.05) is 6.07 Å². The normalized spacial score (nSPS) is 24.8. The molecule has 4 nitrogen and oxygen atoms in total. The molecule has 0 N–H and O–H groups in total. The van der Waals surface area contributed by atoms with Crippen molar-refractivity contribution in [1.82, 2.24) is 9.97 Å². The van der Waals surface area contributed by atoms with E-state index in [-0.39, 0.29) is 0 Å². The first kappa shape index (κ1) is 11.5. The summed E-state index contributed by atoms with van der Waals surface area (Å²) in [5.41, 5.74) is 0. The third kappa shape index (κ3) is 2.07. The lowest BCUT2D eigenvalue weighted by molar-refractivity contribution is 0.396. The Kier molecular flexibility index (Phi) is 3.49. The minimum atomic E-state index is 0.362. The molecule has 0 spiro atoms. The first-order chi connectivity index (χ1) is 7.76. The van der Waals surface area contributed by atoms with Crippen LogP contribution in [0.25, 0.3) is 0 Å². The molecule has 0 radical (unpaired) electrons.